The van der Waals surface area contributed by atoms with Crippen LogP contribution in [-0.2, 0) is 5.54 Å². The lowest BCUT2D eigenvalue weighted by atomic mass is 9.77. The van der Waals surface area contributed by atoms with Crippen LogP contribution in [0.1, 0.15) is 16.7 Å². The van der Waals surface area contributed by atoms with Gasteiger partial charge in [0.05, 0.1) is 11.1 Å². The van der Waals surface area contributed by atoms with Gasteiger partial charge < -0.3 is 10.8 Å². The number of aromatic nitrogens is 2. The first-order valence-corrected chi connectivity index (χ1v) is 9.45. The van der Waals surface area contributed by atoms with Crippen molar-refractivity contribution in [1.82, 2.24) is 9.97 Å². The number of phenolic OH excluding ortho intramolecular Hbond substituents is 1. The van der Waals surface area contributed by atoms with Crippen LogP contribution in [0.15, 0.2) is 97.3 Å². The van der Waals surface area contributed by atoms with E-state index in [9.17, 15) is 5.11 Å². The minimum atomic E-state index is -1.09. The zero-order chi connectivity index (χ0) is 19.8. The average molecular weight is 377 g/mol. The van der Waals surface area contributed by atoms with E-state index in [1.807, 2.05) is 84.9 Å². The summed E-state index contributed by atoms with van der Waals surface area (Å²) in [5.41, 5.74) is 9.71. The van der Waals surface area contributed by atoms with Gasteiger partial charge in [-0.2, -0.15) is 0 Å². The van der Waals surface area contributed by atoms with E-state index in [0.717, 1.165) is 27.4 Å². The lowest BCUT2D eigenvalue weighted by Crippen LogP contribution is -2.39. The summed E-state index contributed by atoms with van der Waals surface area (Å²) in [5.74, 6) is 0.0858. The molecule has 0 spiro atoms. The second-order valence-corrected chi connectivity index (χ2v) is 7.13. The van der Waals surface area contributed by atoms with Crippen molar-refractivity contribution in [2.45, 2.75) is 5.54 Å². The Hall–Kier alpha value is -3.76. The maximum absolute atomic E-state index is 11.2. The number of benzene rings is 3. The number of fused-ring (bicyclic) bond motifs is 2. The number of para-hydroxylation sites is 1. The van der Waals surface area contributed by atoms with E-state index in [4.69, 9.17) is 5.73 Å². The summed E-state index contributed by atoms with van der Waals surface area (Å²) < 4.78 is 0. The molecule has 1 unspecified atom stereocenters. The molecule has 2 aromatic heterocycles. The zero-order valence-corrected chi connectivity index (χ0v) is 15.7. The largest absolute Gasteiger partial charge is 0.505 e. The number of nitrogens with zero attached hydrogens (tertiary/aromatic N) is 2. The van der Waals surface area contributed by atoms with Crippen molar-refractivity contribution in [2.75, 3.05) is 0 Å². The molecule has 4 nitrogen and oxygen atoms in total. The number of phenols is 1. The summed E-state index contributed by atoms with van der Waals surface area (Å²) in [6.45, 7) is 0. The highest BCUT2D eigenvalue weighted by Gasteiger charge is 2.35. The standard InChI is InChI=1S/C25H19N3O/c26-25(19-9-2-1-3-10-19,20-15-18-7-4-5-11-22(18)28-16-20)21-13-12-17-8-6-14-27-23(17)24(21)29/h1-16,29H,26H2. The summed E-state index contributed by atoms with van der Waals surface area (Å²) in [4.78, 5) is 8.98. The molecule has 5 rings (SSSR count). The van der Waals surface area contributed by atoms with Crippen molar-refractivity contribution in [3.8, 4) is 5.75 Å². The van der Waals surface area contributed by atoms with Crippen molar-refractivity contribution < 1.29 is 5.11 Å². The third-order valence-electron chi connectivity index (χ3n) is 5.45. The van der Waals surface area contributed by atoms with Crippen LogP contribution in [0, 0.1) is 0 Å². The molecule has 0 saturated heterocycles. The molecule has 0 aliphatic carbocycles. The summed E-state index contributed by atoms with van der Waals surface area (Å²) in [5, 5.41) is 13.0. The van der Waals surface area contributed by atoms with Crippen LogP contribution in [0.4, 0.5) is 0 Å². The molecule has 0 fully saturated rings. The molecule has 4 heteroatoms. The number of rotatable bonds is 3. The molecule has 3 aromatic carbocycles. The normalized spacial score (nSPS) is 13.4. The Morgan fingerprint density at radius 1 is 0.724 bits per heavy atom. The number of pyridine rings is 2. The van der Waals surface area contributed by atoms with Gasteiger partial charge in [0.25, 0.3) is 0 Å². The van der Waals surface area contributed by atoms with Crippen molar-refractivity contribution in [2.24, 2.45) is 5.73 Å². The highest BCUT2D eigenvalue weighted by molar-refractivity contribution is 5.87. The molecule has 0 amide bonds. The Labute approximate surface area is 168 Å². The predicted molar refractivity (Wildman–Crippen MR) is 116 cm³/mol. The zero-order valence-electron chi connectivity index (χ0n) is 15.7. The van der Waals surface area contributed by atoms with Crippen molar-refractivity contribution >= 4 is 21.8 Å². The molecule has 5 aromatic rings. The van der Waals surface area contributed by atoms with Gasteiger partial charge in [0.15, 0.2) is 0 Å². The van der Waals surface area contributed by atoms with E-state index in [1.165, 1.54) is 0 Å². The first kappa shape index (κ1) is 17.3. The topological polar surface area (TPSA) is 72.0 Å². The van der Waals surface area contributed by atoms with Gasteiger partial charge in [0, 0.05) is 34.3 Å². The lowest BCUT2D eigenvalue weighted by molar-refractivity contribution is 0.459. The van der Waals surface area contributed by atoms with Gasteiger partial charge in [0.2, 0.25) is 0 Å². The number of aromatic hydroxyl groups is 1. The quantitative estimate of drug-likeness (QED) is 0.476. The van der Waals surface area contributed by atoms with E-state index in [2.05, 4.69) is 9.97 Å². The SMILES string of the molecule is NC(c1ccccc1)(c1cnc2ccccc2c1)c1ccc2cccnc2c1O. The smallest absolute Gasteiger partial charge is 0.147 e. The number of hydrogen-bond donors (Lipinski definition) is 2. The van der Waals surface area contributed by atoms with Crippen LogP contribution in [-0.4, -0.2) is 15.1 Å². The third kappa shape index (κ3) is 2.73. The van der Waals surface area contributed by atoms with Gasteiger partial charge in [-0.15, -0.1) is 0 Å². The minimum absolute atomic E-state index is 0.0858. The van der Waals surface area contributed by atoms with E-state index in [0.29, 0.717) is 11.1 Å². The van der Waals surface area contributed by atoms with E-state index < -0.39 is 5.54 Å². The van der Waals surface area contributed by atoms with Gasteiger partial charge >= 0.3 is 0 Å². The summed E-state index contributed by atoms with van der Waals surface area (Å²) in [6.07, 6.45) is 3.46. The fourth-order valence-electron chi connectivity index (χ4n) is 3.91. The molecule has 3 N–H and O–H groups in total. The van der Waals surface area contributed by atoms with Crippen LogP contribution in [0.5, 0.6) is 5.75 Å². The van der Waals surface area contributed by atoms with Crippen LogP contribution in [0.3, 0.4) is 0 Å². The van der Waals surface area contributed by atoms with E-state index >= 15 is 0 Å². The van der Waals surface area contributed by atoms with Crippen LogP contribution in [0.2, 0.25) is 0 Å². The first-order chi connectivity index (χ1) is 14.2. The third-order valence-corrected chi connectivity index (χ3v) is 5.45. The van der Waals surface area contributed by atoms with Gasteiger partial charge in [-0.05, 0) is 23.8 Å². The number of nitrogens with two attached hydrogens (primary N) is 1. The fourth-order valence-corrected chi connectivity index (χ4v) is 3.91. The summed E-state index contributed by atoms with van der Waals surface area (Å²) in [6, 6.07) is 27.3. The summed E-state index contributed by atoms with van der Waals surface area (Å²) >= 11 is 0. The molecule has 0 aliphatic rings. The van der Waals surface area contributed by atoms with Gasteiger partial charge in [-0.3, -0.25) is 9.97 Å². The summed E-state index contributed by atoms with van der Waals surface area (Å²) in [7, 11) is 0. The molecule has 0 radical (unpaired) electrons. The van der Waals surface area contributed by atoms with Crippen molar-refractivity contribution in [3.63, 3.8) is 0 Å². The van der Waals surface area contributed by atoms with Crippen molar-refractivity contribution in [1.29, 1.82) is 0 Å². The minimum Gasteiger partial charge on any atom is -0.505 e. The Kier molecular flexibility index (Phi) is 4.00. The van der Waals surface area contributed by atoms with Crippen LogP contribution in [0.25, 0.3) is 21.8 Å². The Balaban J connectivity index is 1.83. The molecule has 29 heavy (non-hydrogen) atoms. The highest BCUT2D eigenvalue weighted by Crippen LogP contribution is 2.41. The monoisotopic (exact) mass is 377 g/mol. The lowest BCUT2D eigenvalue weighted by Gasteiger charge is -2.32. The second-order valence-electron chi connectivity index (χ2n) is 7.13. The predicted octanol–water partition coefficient (Wildman–Crippen LogP) is 4.74. The maximum atomic E-state index is 11.2. The van der Waals surface area contributed by atoms with Gasteiger partial charge in [-0.25, -0.2) is 0 Å². The van der Waals surface area contributed by atoms with E-state index in [1.54, 1.807) is 12.4 Å². The first-order valence-electron chi connectivity index (χ1n) is 9.45. The number of hydrogen-bond acceptors (Lipinski definition) is 4. The molecule has 1 atom stereocenters. The maximum Gasteiger partial charge on any atom is 0.147 e. The molecule has 0 bridgehead atoms. The van der Waals surface area contributed by atoms with Gasteiger partial charge in [-0.1, -0.05) is 66.7 Å². The Bertz CT molecular complexity index is 1330. The van der Waals surface area contributed by atoms with Crippen molar-refractivity contribution in [3.05, 3.63) is 114 Å². The molecular weight excluding hydrogens is 358 g/mol. The van der Waals surface area contributed by atoms with Crippen LogP contribution >= 0.6 is 0 Å². The Morgan fingerprint density at radius 2 is 1.48 bits per heavy atom. The fraction of sp³-hybridized carbons (Fsp3) is 0.0400. The Morgan fingerprint density at radius 3 is 2.34 bits per heavy atom. The van der Waals surface area contributed by atoms with E-state index in [-0.39, 0.29) is 5.75 Å². The molecule has 2 heterocycles. The van der Waals surface area contributed by atoms with Gasteiger partial charge in [0.1, 0.15) is 11.3 Å². The molecular formula is C25H19N3O. The average Bonchev–Trinajstić information content (AvgIpc) is 2.79. The molecule has 0 saturated carbocycles. The highest BCUT2D eigenvalue weighted by atomic mass is 16.3. The van der Waals surface area contributed by atoms with Crippen LogP contribution < -0.4 is 5.73 Å². The molecule has 0 aliphatic heterocycles. The second kappa shape index (κ2) is 6.69. The molecule has 140 valence electrons.